The van der Waals surface area contributed by atoms with Crippen molar-refractivity contribution in [2.24, 2.45) is 0 Å². The van der Waals surface area contributed by atoms with Crippen LogP contribution in [0.4, 0.5) is 0 Å². The van der Waals surface area contributed by atoms with Crippen LogP contribution in [0.15, 0.2) is 30.3 Å². The third-order valence-electron chi connectivity index (χ3n) is 3.83. The zero-order valence-corrected chi connectivity index (χ0v) is 12.3. The molecule has 0 saturated carbocycles. The zero-order valence-electron chi connectivity index (χ0n) is 11.5. The Kier molecular flexibility index (Phi) is 6.68. The molecule has 1 rings (SSSR count). The molecule has 0 N–H and O–H groups in total. The van der Waals surface area contributed by atoms with Crippen LogP contribution in [0.3, 0.4) is 0 Å². The number of thioether (sulfide) groups is 1. The Hall–Kier alpha value is -0.470. The minimum Gasteiger partial charge on any atom is -0.324 e. The average molecular weight is 252 g/mol. The van der Waals surface area contributed by atoms with Crippen LogP contribution in [0.5, 0.6) is 0 Å². The van der Waals surface area contributed by atoms with Gasteiger partial charge in [0.2, 0.25) is 0 Å². The number of benzene rings is 1. The third-order valence-corrected chi connectivity index (χ3v) is 4.84. The summed E-state index contributed by atoms with van der Waals surface area (Å²) in [6.07, 6.45) is 0. The lowest BCUT2D eigenvalue weighted by atomic mass is 10.2. The van der Waals surface area contributed by atoms with Gasteiger partial charge in [-0.1, -0.05) is 30.3 Å². The summed E-state index contributed by atoms with van der Waals surface area (Å²) in [5.41, 5.74) is 1.44. The highest BCUT2D eigenvalue weighted by molar-refractivity contribution is 7.98. The summed E-state index contributed by atoms with van der Waals surface area (Å²) in [5.74, 6) is 2.42. The van der Waals surface area contributed by atoms with Crippen molar-refractivity contribution in [3.63, 3.8) is 0 Å². The van der Waals surface area contributed by atoms with Crippen LogP contribution in [-0.4, -0.2) is 36.4 Å². The monoisotopic (exact) mass is 252 g/mol. The summed E-state index contributed by atoms with van der Waals surface area (Å²) >= 11 is 2.06. The van der Waals surface area contributed by atoms with Gasteiger partial charge in [0.15, 0.2) is 0 Å². The zero-order chi connectivity index (χ0) is 12.6. The quantitative estimate of drug-likeness (QED) is 0.501. The van der Waals surface area contributed by atoms with Gasteiger partial charge < -0.3 is 4.48 Å². The fourth-order valence-electron chi connectivity index (χ4n) is 2.17. The van der Waals surface area contributed by atoms with Gasteiger partial charge in [0.05, 0.1) is 26.2 Å². The lowest BCUT2D eigenvalue weighted by Crippen LogP contribution is -2.48. The van der Waals surface area contributed by atoms with E-state index in [0.29, 0.717) is 0 Å². The minimum absolute atomic E-state index is 1.15. The Morgan fingerprint density at radius 1 is 0.941 bits per heavy atom. The maximum Gasteiger partial charge on any atom is 0.0878 e. The summed E-state index contributed by atoms with van der Waals surface area (Å²) in [6, 6.07) is 10.8. The van der Waals surface area contributed by atoms with E-state index in [2.05, 4.69) is 62.9 Å². The number of quaternary nitrogens is 1. The van der Waals surface area contributed by atoms with Gasteiger partial charge in [0, 0.05) is 11.5 Å². The molecule has 0 radical (unpaired) electrons. The molecule has 0 fully saturated rings. The predicted molar refractivity (Wildman–Crippen MR) is 79.4 cm³/mol. The normalized spacial score (nSPS) is 11.7. The van der Waals surface area contributed by atoms with E-state index in [4.69, 9.17) is 0 Å². The van der Waals surface area contributed by atoms with Gasteiger partial charge in [0.25, 0.3) is 0 Å². The van der Waals surface area contributed by atoms with E-state index < -0.39 is 0 Å². The molecule has 0 amide bonds. The van der Waals surface area contributed by atoms with Crippen molar-refractivity contribution in [1.82, 2.24) is 0 Å². The first-order valence-corrected chi connectivity index (χ1v) is 7.88. The summed E-state index contributed by atoms with van der Waals surface area (Å²) < 4.78 is 1.27. The molecule has 0 aliphatic carbocycles. The molecule has 1 aromatic rings. The maximum atomic E-state index is 2.31. The fourth-order valence-corrected chi connectivity index (χ4v) is 3.26. The molecule has 17 heavy (non-hydrogen) atoms. The lowest BCUT2D eigenvalue weighted by molar-refractivity contribution is -0.920. The first-order chi connectivity index (χ1) is 8.26. The second-order valence-corrected chi connectivity index (χ2v) is 5.66. The second kappa shape index (κ2) is 7.78. The van der Waals surface area contributed by atoms with Crippen molar-refractivity contribution in [1.29, 1.82) is 0 Å². The molecule has 1 aromatic carbocycles. The van der Waals surface area contributed by atoms with Crippen molar-refractivity contribution in [2.75, 3.05) is 31.9 Å². The fraction of sp³-hybridized carbons (Fsp3) is 0.600. The minimum atomic E-state index is 1.15. The predicted octanol–water partition coefficient (Wildman–Crippen LogP) is 3.80. The highest BCUT2D eigenvalue weighted by Crippen LogP contribution is 2.14. The SMILES string of the molecule is CC[N+](CC)(CC)CCSCc1ccccc1. The average Bonchev–Trinajstić information content (AvgIpc) is 2.41. The summed E-state index contributed by atoms with van der Waals surface area (Å²) in [6.45, 7) is 12.0. The van der Waals surface area contributed by atoms with E-state index in [-0.39, 0.29) is 0 Å². The van der Waals surface area contributed by atoms with Crippen LogP contribution in [0.2, 0.25) is 0 Å². The lowest BCUT2D eigenvalue weighted by Gasteiger charge is -2.35. The number of hydrogen-bond acceptors (Lipinski definition) is 1. The molecule has 1 nitrogen and oxygen atoms in total. The molecule has 0 aliphatic heterocycles. The van der Waals surface area contributed by atoms with Crippen molar-refractivity contribution >= 4 is 11.8 Å². The van der Waals surface area contributed by atoms with Crippen molar-refractivity contribution in [3.05, 3.63) is 35.9 Å². The Morgan fingerprint density at radius 3 is 2.06 bits per heavy atom. The van der Waals surface area contributed by atoms with Gasteiger partial charge in [-0.15, -0.1) is 0 Å². The van der Waals surface area contributed by atoms with Crippen LogP contribution >= 0.6 is 11.8 Å². The van der Waals surface area contributed by atoms with Crippen LogP contribution in [-0.2, 0) is 5.75 Å². The summed E-state index contributed by atoms with van der Waals surface area (Å²) in [4.78, 5) is 0. The molecule has 0 atom stereocenters. The van der Waals surface area contributed by atoms with Crippen LogP contribution in [0.1, 0.15) is 26.3 Å². The molecule has 96 valence electrons. The number of rotatable bonds is 8. The van der Waals surface area contributed by atoms with Gasteiger partial charge in [-0.3, -0.25) is 0 Å². The molecular weight excluding hydrogens is 226 g/mol. The first kappa shape index (κ1) is 14.6. The van der Waals surface area contributed by atoms with Gasteiger partial charge in [-0.05, 0) is 26.3 Å². The molecule has 0 aliphatic rings. The van der Waals surface area contributed by atoms with E-state index in [1.54, 1.807) is 0 Å². The third kappa shape index (κ3) is 4.72. The standard InChI is InChI=1S/C15H26NS/c1-4-16(5-2,6-3)12-13-17-14-15-10-8-7-9-11-15/h7-11H,4-6,12-14H2,1-3H3/q+1. The van der Waals surface area contributed by atoms with Gasteiger partial charge >= 0.3 is 0 Å². The van der Waals surface area contributed by atoms with E-state index in [1.807, 2.05) is 0 Å². The van der Waals surface area contributed by atoms with E-state index >= 15 is 0 Å². The summed E-state index contributed by atoms with van der Waals surface area (Å²) in [7, 11) is 0. The topological polar surface area (TPSA) is 0 Å². The molecular formula is C15H26NS+. The van der Waals surface area contributed by atoms with Crippen LogP contribution in [0, 0.1) is 0 Å². The number of nitrogens with zero attached hydrogens (tertiary/aromatic N) is 1. The van der Waals surface area contributed by atoms with Crippen LogP contribution < -0.4 is 0 Å². The Bertz CT molecular complexity index is 285. The Labute approximate surface area is 111 Å². The van der Waals surface area contributed by atoms with Crippen molar-refractivity contribution in [2.45, 2.75) is 26.5 Å². The molecule has 0 spiro atoms. The van der Waals surface area contributed by atoms with E-state index in [9.17, 15) is 0 Å². The molecule has 0 unspecified atom stereocenters. The highest BCUT2D eigenvalue weighted by atomic mass is 32.2. The first-order valence-electron chi connectivity index (χ1n) is 6.73. The molecule has 0 saturated heterocycles. The molecule has 0 heterocycles. The largest absolute Gasteiger partial charge is 0.324 e. The highest BCUT2D eigenvalue weighted by Gasteiger charge is 2.19. The molecule has 2 heteroatoms. The van der Waals surface area contributed by atoms with Gasteiger partial charge in [-0.25, -0.2) is 0 Å². The van der Waals surface area contributed by atoms with E-state index in [1.165, 1.54) is 42.0 Å². The van der Waals surface area contributed by atoms with Crippen molar-refractivity contribution < 1.29 is 4.48 Å². The maximum absolute atomic E-state index is 2.31. The smallest absolute Gasteiger partial charge is 0.0878 e. The number of hydrogen-bond donors (Lipinski definition) is 0. The Morgan fingerprint density at radius 2 is 1.53 bits per heavy atom. The van der Waals surface area contributed by atoms with Crippen molar-refractivity contribution in [3.8, 4) is 0 Å². The van der Waals surface area contributed by atoms with E-state index in [0.717, 1.165) is 5.75 Å². The van der Waals surface area contributed by atoms with Gasteiger partial charge in [-0.2, -0.15) is 11.8 Å². The molecule has 0 bridgehead atoms. The second-order valence-electron chi connectivity index (χ2n) is 4.55. The van der Waals surface area contributed by atoms with Crippen LogP contribution in [0.25, 0.3) is 0 Å². The van der Waals surface area contributed by atoms with Gasteiger partial charge in [0.1, 0.15) is 0 Å². The molecule has 0 aromatic heterocycles. The summed E-state index contributed by atoms with van der Waals surface area (Å²) in [5, 5.41) is 0. The Balaban J connectivity index is 2.28.